The van der Waals surface area contributed by atoms with E-state index in [9.17, 15) is 30.3 Å². The van der Waals surface area contributed by atoms with Crippen molar-refractivity contribution < 1.29 is 44.5 Å². The van der Waals surface area contributed by atoms with Gasteiger partial charge in [-0.15, -0.1) is 0 Å². The molecule has 2 heterocycles. The molecule has 12 nitrogen and oxygen atoms in total. The first kappa shape index (κ1) is 40.2. The lowest BCUT2D eigenvalue weighted by Crippen LogP contribution is -2.63. The fourth-order valence-electron chi connectivity index (χ4n) is 7.57. The molecule has 0 bridgehead atoms. The first-order valence-electron chi connectivity index (χ1n) is 16.7. The van der Waals surface area contributed by atoms with Gasteiger partial charge in [0.1, 0.15) is 17.8 Å². The van der Waals surface area contributed by atoms with Crippen LogP contribution in [0.5, 0.6) is 0 Å². The third-order valence-corrected chi connectivity index (χ3v) is 10.4. The van der Waals surface area contributed by atoms with Crippen molar-refractivity contribution >= 4 is 5.97 Å². The van der Waals surface area contributed by atoms with Gasteiger partial charge < -0.3 is 49.5 Å². The lowest BCUT2D eigenvalue weighted by molar-refractivity contribution is -0.287. The number of aliphatic hydroxyl groups is 5. The van der Waals surface area contributed by atoms with Crippen LogP contribution in [0.15, 0.2) is 0 Å². The van der Waals surface area contributed by atoms with Crippen LogP contribution >= 0.6 is 0 Å². The van der Waals surface area contributed by atoms with Crippen molar-refractivity contribution in [2.75, 3.05) is 47.9 Å². The molecule has 45 heavy (non-hydrogen) atoms. The Morgan fingerprint density at radius 3 is 2.20 bits per heavy atom. The fraction of sp³-hybridized carbons (Fsp3) is 0.970. The molecular formula is C33H65N3O9. The fourth-order valence-corrected chi connectivity index (χ4v) is 7.57. The predicted octanol–water partition coefficient (Wildman–Crippen LogP) is 0.907. The third kappa shape index (κ3) is 9.58. The third-order valence-electron chi connectivity index (χ3n) is 10.4. The molecule has 0 aliphatic carbocycles. The average molecular weight is 648 g/mol. The second kappa shape index (κ2) is 16.5. The summed E-state index contributed by atoms with van der Waals surface area (Å²) in [4.78, 5) is 19.5. The quantitative estimate of drug-likeness (QED) is 0.250. The number of hydrogen-bond donors (Lipinski definition) is 5. The van der Waals surface area contributed by atoms with Gasteiger partial charge in [0.15, 0.2) is 6.29 Å². The van der Waals surface area contributed by atoms with Crippen molar-refractivity contribution in [3.8, 4) is 0 Å². The Morgan fingerprint density at radius 1 is 1.07 bits per heavy atom. The zero-order chi connectivity index (χ0) is 34.6. The molecule has 14 atom stereocenters. The highest BCUT2D eigenvalue weighted by atomic mass is 16.7. The van der Waals surface area contributed by atoms with E-state index >= 15 is 0 Å². The number of carbonyl (C=O) groups is 1. The van der Waals surface area contributed by atoms with E-state index in [1.807, 2.05) is 58.8 Å². The number of esters is 1. The topological polar surface area (TPSA) is 156 Å². The monoisotopic (exact) mass is 647 g/mol. The molecule has 0 spiro atoms. The van der Waals surface area contributed by atoms with E-state index in [2.05, 4.69) is 4.90 Å². The van der Waals surface area contributed by atoms with Crippen LogP contribution in [0, 0.1) is 17.8 Å². The van der Waals surface area contributed by atoms with Gasteiger partial charge in [0.2, 0.25) is 0 Å². The number of ether oxygens (including phenoxy) is 3. The van der Waals surface area contributed by atoms with Crippen molar-refractivity contribution in [1.82, 2.24) is 14.7 Å². The number of cyclic esters (lactones) is 1. The number of nitrogens with zero attached hydrogens (tertiary/aromatic N) is 3. The number of rotatable bonds is 7. The molecule has 0 amide bonds. The van der Waals surface area contributed by atoms with E-state index in [1.54, 1.807) is 27.7 Å². The second-order valence-corrected chi connectivity index (χ2v) is 14.8. The van der Waals surface area contributed by atoms with Gasteiger partial charge in [-0.05, 0) is 88.0 Å². The van der Waals surface area contributed by atoms with Crippen molar-refractivity contribution in [2.24, 2.45) is 17.8 Å². The van der Waals surface area contributed by atoms with Crippen LogP contribution in [0.2, 0.25) is 0 Å². The summed E-state index contributed by atoms with van der Waals surface area (Å²) in [7, 11) is 7.70. The summed E-state index contributed by atoms with van der Waals surface area (Å²) in [5.74, 6) is -2.55. The molecule has 0 aromatic heterocycles. The highest BCUT2D eigenvalue weighted by molar-refractivity contribution is 5.73. The Hall–Kier alpha value is -0.930. The van der Waals surface area contributed by atoms with Gasteiger partial charge in [0, 0.05) is 31.1 Å². The van der Waals surface area contributed by atoms with E-state index in [0.717, 1.165) is 6.42 Å². The highest BCUT2D eigenvalue weighted by Gasteiger charge is 2.50. The van der Waals surface area contributed by atoms with Crippen molar-refractivity contribution in [2.45, 2.75) is 141 Å². The maximum Gasteiger partial charge on any atom is 0.311 e. The van der Waals surface area contributed by atoms with E-state index in [4.69, 9.17) is 14.2 Å². The van der Waals surface area contributed by atoms with Gasteiger partial charge in [-0.25, -0.2) is 0 Å². The molecule has 2 fully saturated rings. The van der Waals surface area contributed by atoms with E-state index in [-0.39, 0.29) is 43.6 Å². The Bertz CT molecular complexity index is 922. The minimum absolute atomic E-state index is 0.0125. The normalized spacial score (nSPS) is 45.3. The molecule has 2 rings (SSSR count). The van der Waals surface area contributed by atoms with Crippen LogP contribution in [-0.4, -0.2) is 160 Å². The summed E-state index contributed by atoms with van der Waals surface area (Å²) in [5, 5.41) is 56.2. The van der Waals surface area contributed by atoms with Gasteiger partial charge in [-0.1, -0.05) is 20.8 Å². The van der Waals surface area contributed by atoms with Gasteiger partial charge in [0.25, 0.3) is 0 Å². The second-order valence-electron chi connectivity index (χ2n) is 14.8. The summed E-state index contributed by atoms with van der Waals surface area (Å²) in [6.07, 6.45) is -4.14. The van der Waals surface area contributed by atoms with Crippen LogP contribution in [-0.2, 0) is 19.0 Å². The van der Waals surface area contributed by atoms with E-state index in [0.29, 0.717) is 13.1 Å². The zero-order valence-electron chi connectivity index (χ0n) is 29.9. The maximum absolute atomic E-state index is 13.4. The van der Waals surface area contributed by atoms with Crippen LogP contribution in [0.25, 0.3) is 0 Å². The summed E-state index contributed by atoms with van der Waals surface area (Å²) in [6, 6.07) is -0.762. The van der Waals surface area contributed by atoms with Gasteiger partial charge >= 0.3 is 5.97 Å². The lowest BCUT2D eigenvalue weighted by Gasteiger charge is -2.50. The predicted molar refractivity (Wildman–Crippen MR) is 172 cm³/mol. The molecule has 12 heteroatoms. The molecule has 2 aliphatic rings. The lowest BCUT2D eigenvalue weighted by atomic mass is 9.78. The molecule has 5 N–H and O–H groups in total. The van der Waals surface area contributed by atoms with Gasteiger partial charge in [-0.2, -0.15) is 0 Å². The van der Waals surface area contributed by atoms with E-state index < -0.39 is 65.8 Å². The SMILES string of the molecule is CC[C@H]1OC(=O)[C@H](C)[C@@H](O)[C@H](C)[C@@H](O[C@@H]2O[C@H](C)C[C@@H](N(C)CCO)[C@@H]2N(C)C)[C@](C)(O)C[C@@H](C)CN(C)[C@H](C)[C@@H](O)[C@]1(C)O. The molecule has 0 radical (unpaired) electrons. The standard InChI is InChI=1S/C33H65N3O9/c1-13-25-33(8,42)28(39)23(6)36(12)18-19(2)17-32(7,41)29(21(4)27(38)22(5)30(40)44-25)45-31-26(34(9)10)24(16-20(3)43-31)35(11)14-15-37/h19-29,31,37-39,41-42H,13-18H2,1-12H3/t19-,20-,21+,22-,23-,24-,25-,26+,27+,28-,29-,31+,32-,33-/m1/s1. The molecule has 0 unspecified atom stereocenters. The Balaban J connectivity index is 2.58. The number of likely N-dealkylation sites (N-methyl/N-ethyl adjacent to an activating group) is 3. The summed E-state index contributed by atoms with van der Waals surface area (Å²) in [6.45, 7) is 15.0. The number of carbonyl (C=O) groups excluding carboxylic acids is 1. The molecular weight excluding hydrogens is 582 g/mol. The van der Waals surface area contributed by atoms with Crippen molar-refractivity contribution in [3.05, 3.63) is 0 Å². The Labute approximate surface area is 271 Å². The van der Waals surface area contributed by atoms with Crippen LogP contribution in [0.4, 0.5) is 0 Å². The Kier molecular flexibility index (Phi) is 14.7. The molecule has 0 saturated carbocycles. The minimum Gasteiger partial charge on any atom is -0.459 e. The summed E-state index contributed by atoms with van der Waals surface area (Å²) >= 11 is 0. The average Bonchev–Trinajstić information content (AvgIpc) is 2.94. The van der Waals surface area contributed by atoms with E-state index in [1.165, 1.54) is 6.92 Å². The van der Waals surface area contributed by atoms with Crippen molar-refractivity contribution in [3.63, 3.8) is 0 Å². The minimum atomic E-state index is -1.75. The number of hydrogen-bond acceptors (Lipinski definition) is 12. The number of aliphatic hydroxyl groups excluding tert-OH is 3. The smallest absolute Gasteiger partial charge is 0.311 e. The van der Waals surface area contributed by atoms with Gasteiger partial charge in [0.05, 0.1) is 42.5 Å². The maximum atomic E-state index is 13.4. The van der Waals surface area contributed by atoms with Gasteiger partial charge in [-0.3, -0.25) is 9.69 Å². The Morgan fingerprint density at radius 2 is 1.67 bits per heavy atom. The molecule has 2 saturated heterocycles. The summed E-state index contributed by atoms with van der Waals surface area (Å²) in [5.41, 5.74) is -3.21. The zero-order valence-corrected chi connectivity index (χ0v) is 29.9. The van der Waals surface area contributed by atoms with Crippen LogP contribution in [0.1, 0.15) is 74.7 Å². The van der Waals surface area contributed by atoms with Crippen LogP contribution < -0.4 is 0 Å². The van der Waals surface area contributed by atoms with Crippen LogP contribution in [0.3, 0.4) is 0 Å². The molecule has 2 aliphatic heterocycles. The first-order valence-corrected chi connectivity index (χ1v) is 16.7. The molecule has 0 aromatic rings. The first-order chi connectivity index (χ1) is 20.7. The molecule has 266 valence electrons. The van der Waals surface area contributed by atoms with Crippen molar-refractivity contribution in [1.29, 1.82) is 0 Å². The highest BCUT2D eigenvalue weighted by Crippen LogP contribution is 2.37. The molecule has 0 aromatic carbocycles. The summed E-state index contributed by atoms with van der Waals surface area (Å²) < 4.78 is 18.9. The largest absolute Gasteiger partial charge is 0.459 e.